The van der Waals surface area contributed by atoms with Crippen molar-refractivity contribution in [2.75, 3.05) is 17.6 Å². The van der Waals surface area contributed by atoms with Gasteiger partial charge in [0, 0.05) is 11.4 Å². The highest BCUT2D eigenvalue weighted by molar-refractivity contribution is 7.18. The summed E-state index contributed by atoms with van der Waals surface area (Å²) in [6.07, 6.45) is 6.43. The molecule has 3 rings (SSSR count). The maximum atomic E-state index is 5.80. The van der Waals surface area contributed by atoms with Gasteiger partial charge in [0.1, 0.15) is 10.6 Å². The van der Waals surface area contributed by atoms with Gasteiger partial charge in [-0.05, 0) is 31.2 Å². The number of thiophene rings is 1. The van der Waals surface area contributed by atoms with Gasteiger partial charge in [-0.2, -0.15) is 4.98 Å². The normalized spacial score (nSPS) is 16.3. The number of nitrogens with two attached hydrogens (primary N) is 1. The van der Waals surface area contributed by atoms with Crippen molar-refractivity contribution in [1.82, 2.24) is 9.97 Å². The number of anilines is 2. The fraction of sp³-hybridized carbons (Fsp3) is 0.571. The van der Waals surface area contributed by atoms with E-state index in [2.05, 4.69) is 28.3 Å². The number of rotatable bonds is 4. The van der Waals surface area contributed by atoms with Gasteiger partial charge in [-0.15, -0.1) is 11.3 Å². The smallest absolute Gasteiger partial charge is 0.223 e. The number of nitrogen functional groups attached to an aromatic ring is 1. The lowest BCUT2D eigenvalue weighted by Crippen LogP contribution is -2.12. The molecule has 0 radical (unpaired) electrons. The summed E-state index contributed by atoms with van der Waals surface area (Å²) in [6.45, 7) is 3.16. The average molecular weight is 276 g/mol. The molecule has 102 valence electrons. The minimum Gasteiger partial charge on any atom is -0.369 e. The number of nitrogens with one attached hydrogen (secondary N) is 1. The Bertz CT molecular complexity index is 572. The molecule has 1 saturated carbocycles. The highest BCUT2D eigenvalue weighted by Crippen LogP contribution is 2.31. The Balaban J connectivity index is 1.85. The number of nitrogens with zero attached hydrogens (tertiary/aromatic N) is 2. The highest BCUT2D eigenvalue weighted by Gasteiger charge is 2.16. The van der Waals surface area contributed by atoms with E-state index in [9.17, 15) is 0 Å². The average Bonchev–Trinajstić information content (AvgIpc) is 3.04. The Labute approximate surface area is 117 Å². The molecule has 0 aromatic carbocycles. The van der Waals surface area contributed by atoms with Gasteiger partial charge in [-0.1, -0.05) is 19.8 Å². The molecule has 2 aromatic rings. The molecule has 0 amide bonds. The van der Waals surface area contributed by atoms with Gasteiger partial charge in [0.15, 0.2) is 0 Å². The highest BCUT2D eigenvalue weighted by atomic mass is 32.1. The fourth-order valence-corrected chi connectivity index (χ4v) is 3.73. The number of hydrogen-bond acceptors (Lipinski definition) is 5. The van der Waals surface area contributed by atoms with Crippen molar-refractivity contribution < 1.29 is 0 Å². The predicted molar refractivity (Wildman–Crippen MR) is 81.7 cm³/mol. The minimum atomic E-state index is 0.367. The van der Waals surface area contributed by atoms with Crippen LogP contribution in [-0.2, 0) is 6.42 Å². The lowest BCUT2D eigenvalue weighted by atomic mass is 10.1. The first-order valence-electron chi connectivity index (χ1n) is 7.06. The molecule has 2 heterocycles. The van der Waals surface area contributed by atoms with Crippen molar-refractivity contribution in [1.29, 1.82) is 0 Å². The third kappa shape index (κ3) is 2.66. The molecule has 0 spiro atoms. The monoisotopic (exact) mass is 276 g/mol. The van der Waals surface area contributed by atoms with Crippen LogP contribution in [0.15, 0.2) is 6.07 Å². The lowest BCUT2D eigenvalue weighted by Gasteiger charge is -2.11. The molecule has 0 atom stereocenters. The summed E-state index contributed by atoms with van der Waals surface area (Å²) < 4.78 is 0. The summed E-state index contributed by atoms with van der Waals surface area (Å²) in [4.78, 5) is 11.0. The van der Waals surface area contributed by atoms with Crippen LogP contribution in [0.3, 0.4) is 0 Å². The van der Waals surface area contributed by atoms with E-state index in [4.69, 9.17) is 5.73 Å². The number of fused-ring (bicyclic) bond motifs is 1. The molecule has 5 heteroatoms. The predicted octanol–water partition coefficient (Wildman–Crippen LogP) is 3.44. The van der Waals surface area contributed by atoms with Crippen LogP contribution in [0.2, 0.25) is 0 Å². The van der Waals surface area contributed by atoms with Crippen molar-refractivity contribution in [3.63, 3.8) is 0 Å². The van der Waals surface area contributed by atoms with Crippen LogP contribution in [0, 0.1) is 5.92 Å². The maximum Gasteiger partial charge on any atom is 0.223 e. The van der Waals surface area contributed by atoms with E-state index in [1.807, 2.05) is 0 Å². The molecule has 3 N–H and O–H groups in total. The molecule has 0 saturated heterocycles. The van der Waals surface area contributed by atoms with Crippen LogP contribution >= 0.6 is 11.3 Å². The van der Waals surface area contributed by atoms with Crippen molar-refractivity contribution in [3.05, 3.63) is 10.9 Å². The van der Waals surface area contributed by atoms with Crippen LogP contribution in [0.5, 0.6) is 0 Å². The minimum absolute atomic E-state index is 0.367. The van der Waals surface area contributed by atoms with Gasteiger partial charge < -0.3 is 11.1 Å². The molecule has 0 aliphatic heterocycles. The summed E-state index contributed by atoms with van der Waals surface area (Å²) in [5.74, 6) is 2.06. The van der Waals surface area contributed by atoms with Crippen molar-refractivity contribution in [3.8, 4) is 0 Å². The Morgan fingerprint density at radius 3 is 2.89 bits per heavy atom. The van der Waals surface area contributed by atoms with E-state index in [0.717, 1.165) is 34.9 Å². The summed E-state index contributed by atoms with van der Waals surface area (Å²) in [5, 5.41) is 4.60. The van der Waals surface area contributed by atoms with Gasteiger partial charge in [0.25, 0.3) is 0 Å². The zero-order valence-corrected chi connectivity index (χ0v) is 12.1. The summed E-state index contributed by atoms with van der Waals surface area (Å²) in [7, 11) is 0. The first-order valence-corrected chi connectivity index (χ1v) is 7.87. The summed E-state index contributed by atoms with van der Waals surface area (Å²) in [6, 6.07) is 2.19. The zero-order valence-electron chi connectivity index (χ0n) is 11.3. The number of aromatic nitrogens is 2. The fourth-order valence-electron chi connectivity index (χ4n) is 2.75. The second-order valence-corrected chi connectivity index (χ2v) is 6.36. The topological polar surface area (TPSA) is 63.8 Å². The summed E-state index contributed by atoms with van der Waals surface area (Å²) >= 11 is 1.71. The molecule has 0 unspecified atom stereocenters. The van der Waals surface area contributed by atoms with Crippen LogP contribution in [0.4, 0.5) is 11.8 Å². The van der Waals surface area contributed by atoms with Gasteiger partial charge in [0.05, 0.1) is 5.39 Å². The van der Waals surface area contributed by atoms with E-state index in [-0.39, 0.29) is 0 Å². The molecule has 19 heavy (non-hydrogen) atoms. The van der Waals surface area contributed by atoms with E-state index in [0.29, 0.717) is 5.95 Å². The van der Waals surface area contributed by atoms with Crippen molar-refractivity contribution >= 4 is 33.3 Å². The largest absolute Gasteiger partial charge is 0.369 e. The maximum absolute atomic E-state index is 5.80. The molecule has 0 bridgehead atoms. The molecular weight excluding hydrogens is 256 g/mol. The summed E-state index contributed by atoms with van der Waals surface area (Å²) in [5.41, 5.74) is 5.80. The molecule has 2 aromatic heterocycles. The third-order valence-electron chi connectivity index (χ3n) is 3.84. The van der Waals surface area contributed by atoms with E-state index in [1.54, 1.807) is 11.3 Å². The molecule has 1 aliphatic rings. The molecule has 1 aliphatic carbocycles. The third-order valence-corrected chi connectivity index (χ3v) is 5.02. The van der Waals surface area contributed by atoms with Gasteiger partial charge in [0.2, 0.25) is 5.95 Å². The first kappa shape index (κ1) is 12.7. The van der Waals surface area contributed by atoms with Crippen LogP contribution < -0.4 is 11.1 Å². The van der Waals surface area contributed by atoms with Gasteiger partial charge in [-0.25, -0.2) is 4.98 Å². The quantitative estimate of drug-likeness (QED) is 0.898. The Hall–Kier alpha value is -1.36. The second-order valence-electron chi connectivity index (χ2n) is 5.25. The van der Waals surface area contributed by atoms with Gasteiger partial charge >= 0.3 is 0 Å². The SMILES string of the molecule is CCc1cc2c(NCC3CCCC3)nc(N)nc2s1. The second kappa shape index (κ2) is 5.33. The van der Waals surface area contributed by atoms with Crippen LogP contribution in [0.1, 0.15) is 37.5 Å². The van der Waals surface area contributed by atoms with Crippen LogP contribution in [-0.4, -0.2) is 16.5 Å². The number of hydrogen-bond donors (Lipinski definition) is 2. The Morgan fingerprint density at radius 2 is 2.16 bits per heavy atom. The first-order chi connectivity index (χ1) is 9.26. The van der Waals surface area contributed by atoms with Crippen molar-refractivity contribution in [2.24, 2.45) is 5.92 Å². The number of aryl methyl sites for hydroxylation is 1. The molecular formula is C14H20N4S. The Kier molecular flexibility index (Phi) is 3.55. The van der Waals surface area contributed by atoms with E-state index >= 15 is 0 Å². The standard InChI is InChI=1S/C14H20N4S/c1-2-10-7-11-12(16-8-9-5-3-4-6-9)17-14(15)18-13(11)19-10/h7,9H,2-6,8H2,1H3,(H3,15,16,17,18). The van der Waals surface area contributed by atoms with Crippen molar-refractivity contribution in [2.45, 2.75) is 39.0 Å². The molecule has 1 fully saturated rings. The van der Waals surface area contributed by atoms with E-state index < -0.39 is 0 Å². The zero-order chi connectivity index (χ0) is 13.2. The Morgan fingerprint density at radius 1 is 1.37 bits per heavy atom. The molecule has 4 nitrogen and oxygen atoms in total. The lowest BCUT2D eigenvalue weighted by molar-refractivity contribution is 0.579. The van der Waals surface area contributed by atoms with Crippen LogP contribution in [0.25, 0.3) is 10.2 Å². The van der Waals surface area contributed by atoms with Gasteiger partial charge in [-0.3, -0.25) is 0 Å². The van der Waals surface area contributed by atoms with E-state index in [1.165, 1.54) is 30.6 Å².